The molecule has 0 fully saturated rings. The monoisotopic (exact) mass is 208 g/mol. The van der Waals surface area contributed by atoms with Crippen LogP contribution in [0.3, 0.4) is 0 Å². The molecule has 1 atom stereocenters. The molecule has 0 bridgehead atoms. The maximum absolute atomic E-state index is 5.67. The van der Waals surface area contributed by atoms with Crippen LogP contribution < -0.4 is 5.73 Å². The molecule has 84 valence electrons. The molecule has 2 N–H and O–H groups in total. The lowest BCUT2D eigenvalue weighted by Crippen LogP contribution is -2.24. The highest BCUT2D eigenvalue weighted by Crippen LogP contribution is 2.02. The summed E-state index contributed by atoms with van der Waals surface area (Å²) in [6.07, 6.45) is 5.03. The Hall–Kier alpha value is -0.930. The summed E-state index contributed by atoms with van der Waals surface area (Å²) in [4.78, 5) is 4.24. The zero-order valence-corrected chi connectivity index (χ0v) is 9.36. The van der Waals surface area contributed by atoms with E-state index in [-0.39, 0.29) is 6.10 Å². The summed E-state index contributed by atoms with van der Waals surface area (Å²) in [5.41, 5.74) is 6.67. The highest BCUT2D eigenvalue weighted by atomic mass is 16.5. The fraction of sp³-hybridized carbons (Fsp3) is 0.583. The maximum Gasteiger partial charge on any atom is 0.0697 e. The van der Waals surface area contributed by atoms with E-state index in [1.165, 1.54) is 0 Å². The number of rotatable bonds is 7. The van der Waals surface area contributed by atoms with Gasteiger partial charge in [0.05, 0.1) is 12.7 Å². The Morgan fingerprint density at radius 2 is 2.33 bits per heavy atom. The van der Waals surface area contributed by atoms with Crippen LogP contribution in [0.25, 0.3) is 0 Å². The second-order valence-electron chi connectivity index (χ2n) is 3.59. The summed E-state index contributed by atoms with van der Waals surface area (Å²) < 4.78 is 5.67. The lowest BCUT2D eigenvalue weighted by atomic mass is 10.2. The van der Waals surface area contributed by atoms with Gasteiger partial charge in [0.1, 0.15) is 0 Å². The number of pyridine rings is 1. The van der Waals surface area contributed by atoms with Gasteiger partial charge in [0.2, 0.25) is 0 Å². The molecule has 0 amide bonds. The number of ether oxygens (including phenoxy) is 1. The van der Waals surface area contributed by atoms with E-state index in [9.17, 15) is 0 Å². The first kappa shape index (κ1) is 12.1. The fourth-order valence-corrected chi connectivity index (χ4v) is 1.47. The van der Waals surface area contributed by atoms with Crippen LogP contribution in [-0.4, -0.2) is 24.2 Å². The predicted octanol–water partition coefficient (Wildman–Crippen LogP) is 1.77. The topological polar surface area (TPSA) is 48.1 Å². The van der Waals surface area contributed by atoms with Gasteiger partial charge in [-0.2, -0.15) is 0 Å². The molecule has 1 rings (SSSR count). The van der Waals surface area contributed by atoms with Gasteiger partial charge in [0, 0.05) is 24.9 Å². The van der Waals surface area contributed by atoms with Crippen LogP contribution in [0.4, 0.5) is 0 Å². The Bertz CT molecular complexity index is 251. The van der Waals surface area contributed by atoms with Crippen molar-refractivity contribution in [2.24, 2.45) is 5.73 Å². The first-order chi connectivity index (χ1) is 7.36. The van der Waals surface area contributed by atoms with E-state index >= 15 is 0 Å². The van der Waals surface area contributed by atoms with Gasteiger partial charge in [0.15, 0.2) is 0 Å². The molecule has 0 aliphatic rings. The number of nitrogens with zero attached hydrogens (tertiary/aromatic N) is 1. The van der Waals surface area contributed by atoms with E-state index < -0.39 is 0 Å². The van der Waals surface area contributed by atoms with Crippen LogP contribution in [0.15, 0.2) is 24.4 Å². The Morgan fingerprint density at radius 3 is 2.93 bits per heavy atom. The summed E-state index contributed by atoms with van der Waals surface area (Å²) in [5, 5.41) is 0. The van der Waals surface area contributed by atoms with E-state index in [2.05, 4.69) is 11.9 Å². The molecule has 1 aromatic rings. The Kier molecular flexibility index (Phi) is 5.97. The third-order valence-electron chi connectivity index (χ3n) is 2.31. The summed E-state index contributed by atoms with van der Waals surface area (Å²) in [5.74, 6) is 0. The second-order valence-corrected chi connectivity index (χ2v) is 3.59. The predicted molar refractivity (Wildman–Crippen MR) is 61.6 cm³/mol. The van der Waals surface area contributed by atoms with Crippen LogP contribution in [0.2, 0.25) is 0 Å². The van der Waals surface area contributed by atoms with Crippen LogP contribution in [-0.2, 0) is 11.2 Å². The molecule has 0 aliphatic heterocycles. The zero-order valence-electron chi connectivity index (χ0n) is 9.36. The average molecular weight is 208 g/mol. The van der Waals surface area contributed by atoms with Crippen molar-refractivity contribution in [1.29, 1.82) is 0 Å². The molecule has 0 saturated carbocycles. The molecule has 1 heterocycles. The quantitative estimate of drug-likeness (QED) is 0.743. The minimum Gasteiger partial charge on any atom is -0.377 e. The minimum absolute atomic E-state index is 0.207. The van der Waals surface area contributed by atoms with Gasteiger partial charge in [0.25, 0.3) is 0 Å². The minimum atomic E-state index is 0.207. The lowest BCUT2D eigenvalue weighted by molar-refractivity contribution is 0.0547. The average Bonchev–Trinajstić information content (AvgIpc) is 2.29. The van der Waals surface area contributed by atoms with Gasteiger partial charge in [-0.15, -0.1) is 0 Å². The van der Waals surface area contributed by atoms with E-state index in [1.807, 2.05) is 24.4 Å². The fourth-order valence-electron chi connectivity index (χ4n) is 1.47. The number of aromatic nitrogens is 1. The zero-order chi connectivity index (χ0) is 10.9. The van der Waals surface area contributed by atoms with Crippen molar-refractivity contribution < 1.29 is 4.74 Å². The molecule has 0 saturated heterocycles. The van der Waals surface area contributed by atoms with Crippen molar-refractivity contribution in [2.45, 2.75) is 32.3 Å². The highest BCUT2D eigenvalue weighted by Gasteiger charge is 2.04. The van der Waals surface area contributed by atoms with Crippen molar-refractivity contribution in [2.75, 3.05) is 13.2 Å². The molecule has 0 spiro atoms. The highest BCUT2D eigenvalue weighted by molar-refractivity contribution is 5.03. The van der Waals surface area contributed by atoms with Crippen LogP contribution in [0, 0.1) is 0 Å². The maximum atomic E-state index is 5.67. The molecule has 0 radical (unpaired) electrons. The Morgan fingerprint density at radius 1 is 1.47 bits per heavy atom. The van der Waals surface area contributed by atoms with Crippen molar-refractivity contribution in [3.05, 3.63) is 30.1 Å². The lowest BCUT2D eigenvalue weighted by Gasteiger charge is -2.14. The first-order valence-electron chi connectivity index (χ1n) is 5.58. The SMILES string of the molecule is CCCC(CN)OCCc1ccccn1. The number of nitrogens with two attached hydrogens (primary N) is 1. The number of hydrogen-bond acceptors (Lipinski definition) is 3. The van der Waals surface area contributed by atoms with Gasteiger partial charge in [-0.1, -0.05) is 19.4 Å². The summed E-state index contributed by atoms with van der Waals surface area (Å²) >= 11 is 0. The van der Waals surface area contributed by atoms with Crippen molar-refractivity contribution >= 4 is 0 Å². The molecule has 0 aromatic carbocycles. The van der Waals surface area contributed by atoms with Gasteiger partial charge >= 0.3 is 0 Å². The normalized spacial score (nSPS) is 12.7. The van der Waals surface area contributed by atoms with Crippen LogP contribution in [0.1, 0.15) is 25.5 Å². The number of hydrogen-bond donors (Lipinski definition) is 1. The molecule has 3 heteroatoms. The molecule has 15 heavy (non-hydrogen) atoms. The largest absolute Gasteiger partial charge is 0.377 e. The van der Waals surface area contributed by atoms with Crippen LogP contribution >= 0.6 is 0 Å². The van der Waals surface area contributed by atoms with Crippen molar-refractivity contribution in [1.82, 2.24) is 4.98 Å². The molecule has 0 aliphatic carbocycles. The summed E-state index contributed by atoms with van der Waals surface area (Å²) in [6, 6.07) is 5.93. The van der Waals surface area contributed by atoms with E-state index in [4.69, 9.17) is 10.5 Å². The molecular weight excluding hydrogens is 188 g/mol. The van der Waals surface area contributed by atoms with Crippen molar-refractivity contribution in [3.8, 4) is 0 Å². The van der Waals surface area contributed by atoms with E-state index in [1.54, 1.807) is 0 Å². The Balaban J connectivity index is 2.20. The van der Waals surface area contributed by atoms with Crippen LogP contribution in [0.5, 0.6) is 0 Å². The third kappa shape index (κ3) is 4.91. The van der Waals surface area contributed by atoms with Gasteiger partial charge in [-0.25, -0.2) is 0 Å². The van der Waals surface area contributed by atoms with Gasteiger partial charge < -0.3 is 10.5 Å². The molecule has 1 aromatic heterocycles. The van der Waals surface area contributed by atoms with E-state index in [0.717, 1.165) is 25.0 Å². The summed E-state index contributed by atoms with van der Waals surface area (Å²) in [6.45, 7) is 3.46. The van der Waals surface area contributed by atoms with Crippen molar-refractivity contribution in [3.63, 3.8) is 0 Å². The summed E-state index contributed by atoms with van der Waals surface area (Å²) in [7, 11) is 0. The molecule has 1 unspecified atom stereocenters. The van der Waals surface area contributed by atoms with Gasteiger partial charge in [-0.3, -0.25) is 4.98 Å². The second kappa shape index (κ2) is 7.37. The standard InChI is InChI=1S/C12H20N2O/c1-2-5-12(10-13)15-9-7-11-6-3-4-8-14-11/h3-4,6,8,12H,2,5,7,9-10,13H2,1H3. The molecular formula is C12H20N2O. The first-order valence-corrected chi connectivity index (χ1v) is 5.58. The third-order valence-corrected chi connectivity index (χ3v) is 2.31. The van der Waals surface area contributed by atoms with Gasteiger partial charge in [-0.05, 0) is 18.6 Å². The Labute approximate surface area is 91.7 Å². The smallest absolute Gasteiger partial charge is 0.0697 e. The van der Waals surface area contributed by atoms with E-state index in [0.29, 0.717) is 13.2 Å². The molecule has 3 nitrogen and oxygen atoms in total.